The standard InChI is InChI=1S/C19H27N5O3.2ClH/c1-23-16-15(18(26)24(2)19(23)27)11-13(12-22-16)17(25)21-10-9-20-14-7-5-3-4-6-8-14;;/h11-12,14,20H,3-10H2,1-2H3,(H,21,25);2*1H. The van der Waals surface area contributed by atoms with Crippen LogP contribution in [0.4, 0.5) is 0 Å². The third kappa shape index (κ3) is 5.81. The van der Waals surface area contributed by atoms with Gasteiger partial charge >= 0.3 is 5.69 Å². The molecule has 8 nitrogen and oxygen atoms in total. The van der Waals surface area contributed by atoms with Crippen LogP contribution in [0.2, 0.25) is 0 Å². The Kier molecular flexibility index (Phi) is 9.82. The van der Waals surface area contributed by atoms with E-state index in [4.69, 9.17) is 0 Å². The zero-order valence-electron chi connectivity index (χ0n) is 16.8. The van der Waals surface area contributed by atoms with Gasteiger partial charge in [0, 0.05) is 39.4 Å². The Labute approximate surface area is 181 Å². The van der Waals surface area contributed by atoms with Crippen molar-refractivity contribution < 1.29 is 4.79 Å². The number of amides is 1. The molecule has 2 aromatic heterocycles. The van der Waals surface area contributed by atoms with E-state index in [1.165, 1.54) is 62.4 Å². The van der Waals surface area contributed by atoms with Gasteiger partial charge in [0.1, 0.15) is 5.65 Å². The van der Waals surface area contributed by atoms with Gasteiger partial charge in [-0.3, -0.25) is 18.7 Å². The Morgan fingerprint density at radius 3 is 2.38 bits per heavy atom. The molecule has 0 radical (unpaired) electrons. The van der Waals surface area contributed by atoms with Crippen LogP contribution in [0.15, 0.2) is 21.9 Å². The third-order valence-electron chi connectivity index (χ3n) is 5.25. The minimum atomic E-state index is -0.453. The molecular formula is C19H29Cl2N5O3. The molecule has 0 spiro atoms. The molecule has 3 rings (SSSR count). The second kappa shape index (κ2) is 11.3. The lowest BCUT2D eigenvalue weighted by Crippen LogP contribution is -2.38. The minimum Gasteiger partial charge on any atom is -0.351 e. The molecule has 1 fully saturated rings. The average Bonchev–Trinajstić information content (AvgIpc) is 2.96. The van der Waals surface area contributed by atoms with Crippen LogP contribution < -0.4 is 21.9 Å². The van der Waals surface area contributed by atoms with E-state index in [1.807, 2.05) is 0 Å². The van der Waals surface area contributed by atoms with Crippen LogP contribution >= 0.6 is 24.8 Å². The summed E-state index contributed by atoms with van der Waals surface area (Å²) in [5.41, 5.74) is -0.311. The molecule has 10 heteroatoms. The van der Waals surface area contributed by atoms with Gasteiger partial charge in [-0.15, -0.1) is 24.8 Å². The highest BCUT2D eigenvalue weighted by Gasteiger charge is 2.14. The Morgan fingerprint density at radius 2 is 1.72 bits per heavy atom. The van der Waals surface area contributed by atoms with Gasteiger partial charge in [0.2, 0.25) is 0 Å². The summed E-state index contributed by atoms with van der Waals surface area (Å²) in [6, 6.07) is 2.04. The molecule has 0 atom stereocenters. The third-order valence-corrected chi connectivity index (χ3v) is 5.25. The zero-order chi connectivity index (χ0) is 19.4. The summed E-state index contributed by atoms with van der Waals surface area (Å²) >= 11 is 0. The maximum Gasteiger partial charge on any atom is 0.332 e. The molecule has 0 unspecified atom stereocenters. The number of nitrogens with zero attached hydrogens (tertiary/aromatic N) is 3. The monoisotopic (exact) mass is 445 g/mol. The Hall–Kier alpha value is -1.90. The number of hydrogen-bond donors (Lipinski definition) is 2. The second-order valence-electron chi connectivity index (χ2n) is 7.20. The lowest BCUT2D eigenvalue weighted by molar-refractivity contribution is 0.0953. The van der Waals surface area contributed by atoms with E-state index in [2.05, 4.69) is 15.6 Å². The van der Waals surface area contributed by atoms with Gasteiger partial charge in [-0.1, -0.05) is 25.7 Å². The van der Waals surface area contributed by atoms with Crippen molar-refractivity contribution >= 4 is 41.8 Å². The largest absolute Gasteiger partial charge is 0.351 e. The van der Waals surface area contributed by atoms with E-state index in [0.29, 0.717) is 24.7 Å². The Balaban J connectivity index is 0.00000210. The summed E-state index contributed by atoms with van der Waals surface area (Å²) in [5, 5.41) is 6.62. The van der Waals surface area contributed by atoms with Gasteiger partial charge in [0.05, 0.1) is 10.9 Å². The first-order valence-electron chi connectivity index (χ1n) is 9.56. The van der Waals surface area contributed by atoms with E-state index in [0.717, 1.165) is 4.57 Å². The summed E-state index contributed by atoms with van der Waals surface area (Å²) in [7, 11) is 2.96. The number of carbonyl (C=O) groups is 1. The molecule has 2 aromatic rings. The average molecular weight is 446 g/mol. The number of nitrogens with one attached hydrogen (secondary N) is 2. The summed E-state index contributed by atoms with van der Waals surface area (Å²) in [6.45, 7) is 1.23. The van der Waals surface area contributed by atoms with Crippen LogP contribution in [-0.4, -0.2) is 39.2 Å². The van der Waals surface area contributed by atoms with Gasteiger partial charge in [0.15, 0.2) is 0 Å². The van der Waals surface area contributed by atoms with Crippen LogP contribution in [0.3, 0.4) is 0 Å². The highest BCUT2D eigenvalue weighted by atomic mass is 35.5. The van der Waals surface area contributed by atoms with Crippen molar-refractivity contribution in [1.29, 1.82) is 0 Å². The fourth-order valence-electron chi connectivity index (χ4n) is 3.63. The van der Waals surface area contributed by atoms with Gasteiger partial charge in [-0.25, -0.2) is 9.78 Å². The van der Waals surface area contributed by atoms with Crippen molar-refractivity contribution in [3.8, 4) is 0 Å². The molecule has 0 saturated heterocycles. The SMILES string of the molecule is Cl.Cl.Cn1c(=O)c2cc(C(=O)NCCNC3CCCCCC3)cnc2n(C)c1=O. The molecule has 0 bridgehead atoms. The van der Waals surface area contributed by atoms with Crippen molar-refractivity contribution in [2.75, 3.05) is 13.1 Å². The first kappa shape index (κ1) is 25.1. The fraction of sp³-hybridized carbons (Fsp3) is 0.579. The van der Waals surface area contributed by atoms with Crippen molar-refractivity contribution in [2.24, 2.45) is 14.1 Å². The highest BCUT2D eigenvalue weighted by Crippen LogP contribution is 2.16. The number of rotatable bonds is 5. The molecule has 1 amide bonds. The molecular weight excluding hydrogens is 417 g/mol. The minimum absolute atomic E-state index is 0. The van der Waals surface area contributed by atoms with Crippen molar-refractivity contribution in [2.45, 2.75) is 44.6 Å². The summed E-state index contributed by atoms with van der Waals surface area (Å²) < 4.78 is 2.32. The van der Waals surface area contributed by atoms with E-state index < -0.39 is 11.2 Å². The molecule has 0 aromatic carbocycles. The quantitative estimate of drug-likeness (QED) is 0.536. The van der Waals surface area contributed by atoms with Crippen LogP contribution in [0, 0.1) is 0 Å². The molecule has 1 saturated carbocycles. The lowest BCUT2D eigenvalue weighted by atomic mass is 10.1. The lowest BCUT2D eigenvalue weighted by Gasteiger charge is -2.16. The normalized spacial score (nSPS) is 14.6. The number of aryl methyl sites for hydroxylation is 1. The van der Waals surface area contributed by atoms with Crippen molar-refractivity contribution in [1.82, 2.24) is 24.8 Å². The first-order chi connectivity index (χ1) is 13.0. The molecule has 2 N–H and O–H groups in total. The Bertz CT molecular complexity index is 949. The van der Waals surface area contributed by atoms with Crippen molar-refractivity contribution in [3.05, 3.63) is 38.7 Å². The van der Waals surface area contributed by atoms with Crippen LogP contribution in [0.25, 0.3) is 11.0 Å². The van der Waals surface area contributed by atoms with E-state index in [9.17, 15) is 14.4 Å². The van der Waals surface area contributed by atoms with Crippen LogP contribution in [0.5, 0.6) is 0 Å². The number of fused-ring (bicyclic) bond motifs is 1. The molecule has 0 aliphatic heterocycles. The maximum atomic E-state index is 12.4. The second-order valence-corrected chi connectivity index (χ2v) is 7.20. The number of halogens is 2. The summed E-state index contributed by atoms with van der Waals surface area (Å²) in [5.74, 6) is -0.275. The van der Waals surface area contributed by atoms with Gasteiger partial charge in [-0.2, -0.15) is 0 Å². The van der Waals surface area contributed by atoms with Gasteiger partial charge < -0.3 is 10.6 Å². The van der Waals surface area contributed by atoms with Gasteiger partial charge in [0.25, 0.3) is 11.5 Å². The maximum absolute atomic E-state index is 12.4. The summed E-state index contributed by atoms with van der Waals surface area (Å²) in [4.78, 5) is 40.8. The topological polar surface area (TPSA) is 98.0 Å². The number of carbonyl (C=O) groups excluding carboxylic acids is 1. The predicted octanol–water partition coefficient (Wildman–Crippen LogP) is 1.52. The molecule has 162 valence electrons. The molecule has 1 aliphatic rings. The predicted molar refractivity (Wildman–Crippen MR) is 119 cm³/mol. The fourth-order valence-corrected chi connectivity index (χ4v) is 3.63. The summed E-state index contributed by atoms with van der Waals surface area (Å²) in [6.07, 6.45) is 8.96. The van der Waals surface area contributed by atoms with Crippen LogP contribution in [0.1, 0.15) is 48.9 Å². The first-order valence-corrected chi connectivity index (χ1v) is 9.56. The number of aromatic nitrogens is 3. The van der Waals surface area contributed by atoms with Gasteiger partial charge in [-0.05, 0) is 18.9 Å². The number of hydrogen-bond acceptors (Lipinski definition) is 5. The van der Waals surface area contributed by atoms with E-state index in [1.54, 1.807) is 7.05 Å². The van der Waals surface area contributed by atoms with E-state index >= 15 is 0 Å². The zero-order valence-corrected chi connectivity index (χ0v) is 18.4. The van der Waals surface area contributed by atoms with E-state index in [-0.39, 0.29) is 41.8 Å². The molecule has 1 aliphatic carbocycles. The van der Waals surface area contributed by atoms with Crippen LogP contribution in [-0.2, 0) is 14.1 Å². The number of pyridine rings is 1. The highest BCUT2D eigenvalue weighted by molar-refractivity contribution is 5.96. The van der Waals surface area contributed by atoms with Crippen molar-refractivity contribution in [3.63, 3.8) is 0 Å². The molecule has 29 heavy (non-hydrogen) atoms. The Morgan fingerprint density at radius 1 is 1.07 bits per heavy atom. The smallest absolute Gasteiger partial charge is 0.332 e. The molecule has 2 heterocycles.